The number of aryl methyl sites for hydroxylation is 2. The van der Waals surface area contributed by atoms with Crippen LogP contribution in [-0.4, -0.2) is 0 Å². The second kappa shape index (κ2) is 14.8. The number of unbranched alkanes of at least 4 members (excludes halogenated alkanes) is 13. The van der Waals surface area contributed by atoms with E-state index in [1.807, 2.05) is 6.07 Å². The number of benzene rings is 1. The highest BCUT2D eigenvalue weighted by molar-refractivity contribution is 5.24. The molecule has 0 N–H and O–H groups in total. The van der Waals surface area contributed by atoms with Crippen molar-refractivity contribution in [1.82, 2.24) is 0 Å². The molecule has 0 aliphatic rings. The number of hydrogen-bond donors (Lipinski definition) is 0. The molecule has 1 aromatic rings. The third kappa shape index (κ3) is 11.4. The largest absolute Gasteiger partial charge is 0.0654 e. The van der Waals surface area contributed by atoms with Gasteiger partial charge in [0.1, 0.15) is 0 Å². The maximum Gasteiger partial charge on any atom is -0.0149 e. The Bertz CT molecular complexity index is 366. The Morgan fingerprint density at radius 2 is 1.17 bits per heavy atom. The number of hydrogen-bond acceptors (Lipinski definition) is 0. The normalized spacial score (nSPS) is 11.0. The van der Waals surface area contributed by atoms with Gasteiger partial charge in [0.2, 0.25) is 0 Å². The van der Waals surface area contributed by atoms with E-state index < -0.39 is 0 Å². The molecule has 0 amide bonds. The van der Waals surface area contributed by atoms with Crippen molar-refractivity contribution in [3.05, 3.63) is 35.4 Å². The molecule has 0 saturated heterocycles. The summed E-state index contributed by atoms with van der Waals surface area (Å²) in [6.07, 6.45) is 21.3. The highest BCUT2D eigenvalue weighted by Crippen LogP contribution is 2.15. The van der Waals surface area contributed by atoms with Crippen LogP contribution < -0.4 is 0 Å². The monoisotopic (exact) mass is 315 g/mol. The van der Waals surface area contributed by atoms with Gasteiger partial charge in [-0.05, 0) is 37.0 Å². The second-order valence-corrected chi connectivity index (χ2v) is 7.17. The number of rotatable bonds is 15. The van der Waals surface area contributed by atoms with Crippen molar-refractivity contribution in [3.8, 4) is 0 Å². The fourth-order valence-corrected chi connectivity index (χ4v) is 3.34. The van der Waals surface area contributed by atoms with Gasteiger partial charge < -0.3 is 0 Å². The van der Waals surface area contributed by atoms with Crippen LogP contribution in [0.5, 0.6) is 0 Å². The van der Waals surface area contributed by atoms with Gasteiger partial charge in [-0.2, -0.15) is 0 Å². The molecule has 0 aromatic heterocycles. The minimum Gasteiger partial charge on any atom is -0.0654 e. The first-order valence-electron chi connectivity index (χ1n) is 10.3. The standard InChI is InChI=1S/C23H39/c1-3-4-5-6-7-8-9-10-11-12-13-14-15-16-20-23-21-18-17-19-22(23)2/h17-18,21H,3-16,20H2,1-2H3. The summed E-state index contributed by atoms with van der Waals surface area (Å²) in [5, 5.41) is 0. The summed E-state index contributed by atoms with van der Waals surface area (Å²) < 4.78 is 0. The molecule has 1 rings (SSSR count). The molecule has 0 fully saturated rings. The summed E-state index contributed by atoms with van der Waals surface area (Å²) in [6, 6.07) is 9.69. The Morgan fingerprint density at radius 3 is 1.65 bits per heavy atom. The first-order chi connectivity index (χ1) is 11.3. The molecular weight excluding hydrogens is 276 g/mol. The fourth-order valence-electron chi connectivity index (χ4n) is 3.34. The molecule has 1 aromatic carbocycles. The summed E-state index contributed by atoms with van der Waals surface area (Å²) in [4.78, 5) is 0. The summed E-state index contributed by atoms with van der Waals surface area (Å²) in [7, 11) is 0. The highest BCUT2D eigenvalue weighted by Gasteiger charge is 1.98. The predicted molar refractivity (Wildman–Crippen MR) is 104 cm³/mol. The quantitative estimate of drug-likeness (QED) is 0.289. The highest BCUT2D eigenvalue weighted by atomic mass is 14.0. The van der Waals surface area contributed by atoms with Crippen LogP contribution in [0.3, 0.4) is 0 Å². The van der Waals surface area contributed by atoms with Gasteiger partial charge in [0, 0.05) is 0 Å². The van der Waals surface area contributed by atoms with Crippen molar-refractivity contribution in [1.29, 1.82) is 0 Å². The van der Waals surface area contributed by atoms with Gasteiger partial charge in [-0.3, -0.25) is 0 Å². The Balaban J connectivity index is 1.79. The zero-order valence-electron chi connectivity index (χ0n) is 15.8. The molecule has 0 atom stereocenters. The maximum absolute atomic E-state index is 3.30. The van der Waals surface area contributed by atoms with Crippen LogP contribution in [0, 0.1) is 13.0 Å². The zero-order chi connectivity index (χ0) is 16.6. The van der Waals surface area contributed by atoms with E-state index in [9.17, 15) is 0 Å². The van der Waals surface area contributed by atoms with Crippen molar-refractivity contribution < 1.29 is 0 Å². The van der Waals surface area contributed by atoms with Crippen molar-refractivity contribution in [2.24, 2.45) is 0 Å². The summed E-state index contributed by atoms with van der Waals surface area (Å²) in [5.41, 5.74) is 2.83. The van der Waals surface area contributed by atoms with Crippen LogP contribution in [0.4, 0.5) is 0 Å². The third-order valence-electron chi connectivity index (χ3n) is 4.97. The van der Waals surface area contributed by atoms with E-state index >= 15 is 0 Å². The van der Waals surface area contributed by atoms with Crippen LogP contribution in [0.1, 0.15) is 108 Å². The van der Waals surface area contributed by atoms with E-state index in [0.717, 1.165) is 0 Å². The molecular formula is C23H39. The van der Waals surface area contributed by atoms with Crippen molar-refractivity contribution in [2.45, 2.75) is 110 Å². The third-order valence-corrected chi connectivity index (χ3v) is 4.97. The molecule has 0 saturated carbocycles. The topological polar surface area (TPSA) is 0 Å². The molecule has 1 radical (unpaired) electrons. The molecule has 0 spiro atoms. The molecule has 0 unspecified atom stereocenters. The Kier molecular flexibility index (Phi) is 13.0. The van der Waals surface area contributed by atoms with Crippen molar-refractivity contribution >= 4 is 0 Å². The van der Waals surface area contributed by atoms with Crippen LogP contribution in [-0.2, 0) is 6.42 Å². The first kappa shape index (κ1) is 20.3. The van der Waals surface area contributed by atoms with E-state index in [1.54, 1.807) is 0 Å². The van der Waals surface area contributed by atoms with Crippen molar-refractivity contribution in [2.75, 3.05) is 0 Å². The molecule has 0 bridgehead atoms. The van der Waals surface area contributed by atoms with Gasteiger partial charge in [-0.1, -0.05) is 109 Å². The fraction of sp³-hybridized carbons (Fsp3) is 0.739. The maximum atomic E-state index is 3.30. The summed E-state index contributed by atoms with van der Waals surface area (Å²) >= 11 is 0. The SMILES string of the molecule is CCCCCCCCCCCCCCCCc1ccc[c]c1C. The van der Waals surface area contributed by atoms with Gasteiger partial charge in [0.25, 0.3) is 0 Å². The van der Waals surface area contributed by atoms with Crippen LogP contribution in [0.2, 0.25) is 0 Å². The van der Waals surface area contributed by atoms with E-state index in [2.05, 4.69) is 32.0 Å². The van der Waals surface area contributed by atoms with E-state index in [-0.39, 0.29) is 0 Å². The van der Waals surface area contributed by atoms with Crippen molar-refractivity contribution in [3.63, 3.8) is 0 Å². The Hall–Kier alpha value is -0.780. The van der Waals surface area contributed by atoms with Gasteiger partial charge in [0.05, 0.1) is 0 Å². The van der Waals surface area contributed by atoms with E-state index in [0.29, 0.717) is 0 Å². The molecule has 23 heavy (non-hydrogen) atoms. The smallest absolute Gasteiger partial charge is 0.0149 e. The van der Waals surface area contributed by atoms with Gasteiger partial charge >= 0.3 is 0 Å². The first-order valence-corrected chi connectivity index (χ1v) is 10.3. The van der Waals surface area contributed by atoms with Crippen LogP contribution in [0.15, 0.2) is 18.2 Å². The minimum absolute atomic E-state index is 1.24. The van der Waals surface area contributed by atoms with E-state index in [1.165, 1.54) is 107 Å². The van der Waals surface area contributed by atoms with Crippen LogP contribution >= 0.6 is 0 Å². The summed E-state index contributed by atoms with van der Waals surface area (Å²) in [5.74, 6) is 0. The molecule has 0 aliphatic heterocycles. The van der Waals surface area contributed by atoms with Gasteiger partial charge in [-0.15, -0.1) is 0 Å². The Morgan fingerprint density at radius 1 is 0.696 bits per heavy atom. The Labute approximate surface area is 146 Å². The molecule has 131 valence electrons. The lowest BCUT2D eigenvalue weighted by Crippen LogP contribution is -1.90. The lowest BCUT2D eigenvalue weighted by molar-refractivity contribution is 0.535. The second-order valence-electron chi connectivity index (χ2n) is 7.17. The molecule has 0 heterocycles. The van der Waals surface area contributed by atoms with Crippen LogP contribution in [0.25, 0.3) is 0 Å². The minimum atomic E-state index is 1.24. The van der Waals surface area contributed by atoms with E-state index in [4.69, 9.17) is 0 Å². The summed E-state index contributed by atoms with van der Waals surface area (Å²) in [6.45, 7) is 4.47. The average Bonchev–Trinajstić information content (AvgIpc) is 2.57. The zero-order valence-corrected chi connectivity index (χ0v) is 15.8. The lowest BCUT2D eigenvalue weighted by atomic mass is 10.0. The predicted octanol–water partition coefficient (Wildman–Crippen LogP) is 7.82. The molecule has 0 nitrogen and oxygen atoms in total. The van der Waals surface area contributed by atoms with Gasteiger partial charge in [0.15, 0.2) is 0 Å². The average molecular weight is 316 g/mol. The molecule has 0 heteroatoms. The van der Waals surface area contributed by atoms with Gasteiger partial charge in [-0.25, -0.2) is 0 Å². The molecule has 0 aliphatic carbocycles. The lowest BCUT2D eigenvalue weighted by Gasteiger charge is -2.05.